The smallest absolute Gasteiger partial charge is 0.231 e. The van der Waals surface area contributed by atoms with Gasteiger partial charge in [0, 0.05) is 49.4 Å². The third kappa shape index (κ3) is 4.37. The quantitative estimate of drug-likeness (QED) is 0.729. The second kappa shape index (κ2) is 9.24. The molecule has 3 aliphatic heterocycles. The largest absolute Gasteiger partial charge is 0.497 e. The zero-order valence-electron chi connectivity index (χ0n) is 19.0. The van der Waals surface area contributed by atoms with Gasteiger partial charge < -0.3 is 29.3 Å². The van der Waals surface area contributed by atoms with Crippen LogP contribution in [0.4, 0.5) is 11.4 Å². The van der Waals surface area contributed by atoms with Crippen molar-refractivity contribution >= 4 is 29.1 Å². The van der Waals surface area contributed by atoms with Crippen LogP contribution >= 0.6 is 0 Å². The minimum atomic E-state index is -0.367. The minimum absolute atomic E-state index is 0.0148. The number of nitrogens with zero attached hydrogens (tertiary/aromatic N) is 2. The SMILES string of the molecule is COc1ccc(N2CC(C(=O)N3CCC(C(=O)Nc4ccc5c(c4)OCO5)CC3)CC2=O)cc1. The van der Waals surface area contributed by atoms with Gasteiger partial charge in [0.05, 0.1) is 13.0 Å². The van der Waals surface area contributed by atoms with E-state index in [2.05, 4.69) is 5.32 Å². The fourth-order valence-corrected chi connectivity index (χ4v) is 4.72. The molecule has 3 heterocycles. The summed E-state index contributed by atoms with van der Waals surface area (Å²) < 4.78 is 15.8. The molecule has 3 amide bonds. The number of likely N-dealkylation sites (tertiary alicyclic amines) is 1. The number of anilines is 2. The summed E-state index contributed by atoms with van der Waals surface area (Å²) in [5, 5.41) is 2.94. The van der Waals surface area contributed by atoms with E-state index in [1.807, 2.05) is 12.1 Å². The van der Waals surface area contributed by atoms with Crippen molar-refractivity contribution < 1.29 is 28.6 Å². The maximum Gasteiger partial charge on any atom is 0.231 e. The molecule has 2 aromatic rings. The predicted octanol–water partition coefficient (Wildman–Crippen LogP) is 2.65. The number of rotatable bonds is 5. The van der Waals surface area contributed by atoms with Gasteiger partial charge >= 0.3 is 0 Å². The standard InChI is InChI=1S/C25H27N3O6/c1-32-20-5-3-19(4-6-20)28-14-17(12-23(28)29)25(31)27-10-8-16(9-11-27)24(30)26-18-2-7-21-22(13-18)34-15-33-21/h2-7,13,16-17H,8-12,14-15H2,1H3,(H,26,30). The van der Waals surface area contributed by atoms with Crippen molar-refractivity contribution in [3.05, 3.63) is 42.5 Å². The second-order valence-electron chi connectivity index (χ2n) is 8.76. The molecule has 0 bridgehead atoms. The van der Waals surface area contributed by atoms with E-state index in [0.29, 0.717) is 55.4 Å². The Morgan fingerprint density at radius 3 is 2.47 bits per heavy atom. The molecule has 0 aromatic heterocycles. The Bertz CT molecular complexity index is 1090. The third-order valence-electron chi connectivity index (χ3n) is 6.68. The Morgan fingerprint density at radius 2 is 1.74 bits per heavy atom. The number of piperidine rings is 1. The second-order valence-corrected chi connectivity index (χ2v) is 8.76. The van der Waals surface area contributed by atoms with Gasteiger partial charge in [-0.15, -0.1) is 0 Å². The lowest BCUT2D eigenvalue weighted by Crippen LogP contribution is -2.44. The monoisotopic (exact) mass is 465 g/mol. The van der Waals surface area contributed by atoms with Gasteiger partial charge in [-0.2, -0.15) is 0 Å². The Balaban J connectivity index is 1.13. The van der Waals surface area contributed by atoms with E-state index in [0.717, 1.165) is 5.69 Å². The lowest BCUT2D eigenvalue weighted by atomic mass is 9.94. The van der Waals surface area contributed by atoms with E-state index in [-0.39, 0.29) is 42.8 Å². The molecule has 1 atom stereocenters. The Hall–Kier alpha value is -3.75. The Morgan fingerprint density at radius 1 is 1.00 bits per heavy atom. The van der Waals surface area contributed by atoms with Crippen molar-refractivity contribution in [2.45, 2.75) is 19.3 Å². The molecule has 1 unspecified atom stereocenters. The van der Waals surface area contributed by atoms with Crippen molar-refractivity contribution in [1.29, 1.82) is 0 Å². The summed E-state index contributed by atoms with van der Waals surface area (Å²) in [4.78, 5) is 41.9. The van der Waals surface area contributed by atoms with Crippen LogP contribution in [0.15, 0.2) is 42.5 Å². The molecule has 0 saturated carbocycles. The van der Waals surface area contributed by atoms with Gasteiger partial charge in [-0.1, -0.05) is 0 Å². The first-order chi connectivity index (χ1) is 16.5. The molecule has 0 spiro atoms. The number of amides is 3. The van der Waals surface area contributed by atoms with Crippen molar-refractivity contribution in [2.75, 3.05) is 43.8 Å². The zero-order valence-corrected chi connectivity index (χ0v) is 19.0. The Labute approximate surface area is 197 Å². The molecule has 2 fully saturated rings. The van der Waals surface area contributed by atoms with Crippen LogP contribution in [0.3, 0.4) is 0 Å². The van der Waals surface area contributed by atoms with Crippen LogP contribution in [-0.4, -0.2) is 56.2 Å². The fourth-order valence-electron chi connectivity index (χ4n) is 4.72. The van der Waals surface area contributed by atoms with Crippen LogP contribution in [-0.2, 0) is 14.4 Å². The van der Waals surface area contributed by atoms with Gasteiger partial charge in [0.25, 0.3) is 0 Å². The van der Waals surface area contributed by atoms with Gasteiger partial charge in [-0.3, -0.25) is 14.4 Å². The first-order valence-corrected chi connectivity index (χ1v) is 11.5. The van der Waals surface area contributed by atoms with Crippen LogP contribution in [0, 0.1) is 11.8 Å². The number of hydrogen-bond donors (Lipinski definition) is 1. The average molecular weight is 466 g/mol. The zero-order chi connectivity index (χ0) is 23.7. The molecule has 2 aromatic carbocycles. The molecule has 0 aliphatic carbocycles. The van der Waals surface area contributed by atoms with E-state index in [1.54, 1.807) is 47.2 Å². The van der Waals surface area contributed by atoms with Crippen LogP contribution in [0.1, 0.15) is 19.3 Å². The highest BCUT2D eigenvalue weighted by molar-refractivity contribution is 6.00. The van der Waals surface area contributed by atoms with Gasteiger partial charge in [-0.05, 0) is 49.2 Å². The predicted molar refractivity (Wildman–Crippen MR) is 124 cm³/mol. The number of fused-ring (bicyclic) bond motifs is 1. The molecule has 178 valence electrons. The summed E-state index contributed by atoms with van der Waals surface area (Å²) in [6, 6.07) is 12.6. The summed E-state index contributed by atoms with van der Waals surface area (Å²) in [6.07, 6.45) is 1.38. The van der Waals surface area contributed by atoms with Crippen LogP contribution in [0.5, 0.6) is 17.2 Å². The van der Waals surface area contributed by atoms with Crippen LogP contribution < -0.4 is 24.4 Å². The highest BCUT2D eigenvalue weighted by atomic mass is 16.7. The van der Waals surface area contributed by atoms with Gasteiger partial charge in [-0.25, -0.2) is 0 Å². The fraction of sp³-hybridized carbons (Fsp3) is 0.400. The first kappa shape index (κ1) is 22.1. The lowest BCUT2D eigenvalue weighted by Gasteiger charge is -2.33. The lowest BCUT2D eigenvalue weighted by molar-refractivity contribution is -0.138. The van der Waals surface area contributed by atoms with Gasteiger partial charge in [0.1, 0.15) is 5.75 Å². The number of benzene rings is 2. The number of ether oxygens (including phenoxy) is 3. The third-order valence-corrected chi connectivity index (χ3v) is 6.68. The maximum absolute atomic E-state index is 13.1. The molecule has 5 rings (SSSR count). The molecule has 9 heteroatoms. The maximum atomic E-state index is 13.1. The number of nitrogens with one attached hydrogen (secondary N) is 1. The van der Waals surface area contributed by atoms with E-state index >= 15 is 0 Å². The molecule has 1 N–H and O–H groups in total. The minimum Gasteiger partial charge on any atom is -0.497 e. The summed E-state index contributed by atoms with van der Waals surface area (Å²) in [5.74, 6) is 1.33. The molecular formula is C25H27N3O6. The van der Waals surface area contributed by atoms with Crippen LogP contribution in [0.25, 0.3) is 0 Å². The number of hydrogen-bond acceptors (Lipinski definition) is 6. The average Bonchev–Trinajstić information content (AvgIpc) is 3.50. The van der Waals surface area contributed by atoms with E-state index in [4.69, 9.17) is 14.2 Å². The molecule has 9 nitrogen and oxygen atoms in total. The van der Waals surface area contributed by atoms with Crippen molar-refractivity contribution in [1.82, 2.24) is 4.90 Å². The van der Waals surface area contributed by atoms with E-state index in [1.165, 1.54) is 0 Å². The summed E-state index contributed by atoms with van der Waals surface area (Å²) in [7, 11) is 1.59. The van der Waals surface area contributed by atoms with Gasteiger partial charge in [0.2, 0.25) is 24.5 Å². The number of methoxy groups -OCH3 is 1. The molecule has 34 heavy (non-hydrogen) atoms. The molecule has 0 radical (unpaired) electrons. The first-order valence-electron chi connectivity index (χ1n) is 11.5. The highest BCUT2D eigenvalue weighted by Gasteiger charge is 2.38. The van der Waals surface area contributed by atoms with Crippen molar-refractivity contribution in [2.24, 2.45) is 11.8 Å². The number of carbonyl (C=O) groups excluding carboxylic acids is 3. The molecular weight excluding hydrogens is 438 g/mol. The summed E-state index contributed by atoms with van der Waals surface area (Å²) in [6.45, 7) is 1.56. The van der Waals surface area contributed by atoms with Crippen molar-refractivity contribution in [3.8, 4) is 17.2 Å². The van der Waals surface area contributed by atoms with Gasteiger partial charge in [0.15, 0.2) is 11.5 Å². The van der Waals surface area contributed by atoms with Crippen molar-refractivity contribution in [3.63, 3.8) is 0 Å². The molecule has 2 saturated heterocycles. The van der Waals surface area contributed by atoms with Crippen LogP contribution in [0.2, 0.25) is 0 Å². The highest BCUT2D eigenvalue weighted by Crippen LogP contribution is 2.35. The summed E-state index contributed by atoms with van der Waals surface area (Å²) in [5.41, 5.74) is 1.43. The normalized spacial score (nSPS) is 19.9. The topological polar surface area (TPSA) is 97.4 Å². The summed E-state index contributed by atoms with van der Waals surface area (Å²) >= 11 is 0. The van der Waals surface area contributed by atoms with E-state index in [9.17, 15) is 14.4 Å². The Kier molecular flexibility index (Phi) is 6.00. The van der Waals surface area contributed by atoms with E-state index < -0.39 is 0 Å². The number of carbonyl (C=O) groups is 3. The molecule has 3 aliphatic rings.